The maximum atomic E-state index is 12.6. The van der Waals surface area contributed by atoms with Crippen LogP contribution in [0.5, 0.6) is 5.88 Å². The van der Waals surface area contributed by atoms with Crippen molar-refractivity contribution in [3.63, 3.8) is 0 Å². The van der Waals surface area contributed by atoms with Gasteiger partial charge in [-0.2, -0.15) is 0 Å². The number of benzene rings is 2. The molecule has 0 atom stereocenters. The van der Waals surface area contributed by atoms with E-state index in [-0.39, 0.29) is 11.5 Å². The largest absolute Gasteiger partial charge is 0.494 e. The molecule has 9 heteroatoms. The van der Waals surface area contributed by atoms with E-state index in [1.165, 1.54) is 13.0 Å². The van der Waals surface area contributed by atoms with E-state index in [9.17, 15) is 19.5 Å². The zero-order chi connectivity index (χ0) is 22.8. The second kappa shape index (κ2) is 8.80. The van der Waals surface area contributed by atoms with Gasteiger partial charge >= 0.3 is 5.69 Å². The second-order valence-corrected chi connectivity index (χ2v) is 8.09. The minimum absolute atomic E-state index is 0.0869. The molecular weight excluding hydrogens is 476 g/mol. The first-order valence-corrected chi connectivity index (χ1v) is 10.6. The molecule has 0 saturated heterocycles. The first-order valence-electron chi connectivity index (χ1n) is 9.83. The number of fused-ring (bicyclic) bond motifs is 1. The molecule has 0 spiro atoms. The molecule has 162 valence electrons. The van der Waals surface area contributed by atoms with Crippen molar-refractivity contribution >= 4 is 33.5 Å². The highest BCUT2D eigenvalue weighted by molar-refractivity contribution is 9.10. The maximum absolute atomic E-state index is 12.6. The number of hydrogen-bond donors (Lipinski definition) is 3. The average Bonchev–Trinajstić information content (AvgIpc) is 3.09. The minimum atomic E-state index is -0.751. The fourth-order valence-electron chi connectivity index (χ4n) is 3.54. The van der Waals surface area contributed by atoms with E-state index in [4.69, 9.17) is 0 Å². The molecule has 2 heterocycles. The van der Waals surface area contributed by atoms with Gasteiger partial charge in [0.25, 0.3) is 5.56 Å². The van der Waals surface area contributed by atoms with Crippen LogP contribution in [0, 0.1) is 0 Å². The molecule has 0 aliphatic carbocycles. The van der Waals surface area contributed by atoms with Crippen molar-refractivity contribution in [3.05, 3.63) is 95.7 Å². The number of aromatic hydroxyl groups is 1. The zero-order valence-corrected chi connectivity index (χ0v) is 18.6. The molecule has 8 nitrogen and oxygen atoms in total. The first kappa shape index (κ1) is 21.5. The van der Waals surface area contributed by atoms with Gasteiger partial charge in [-0.3, -0.25) is 14.6 Å². The fourth-order valence-corrected chi connectivity index (χ4v) is 3.81. The number of rotatable bonds is 5. The van der Waals surface area contributed by atoms with Crippen LogP contribution in [-0.2, 0) is 4.79 Å². The van der Waals surface area contributed by atoms with Crippen molar-refractivity contribution in [3.8, 4) is 11.6 Å². The van der Waals surface area contributed by atoms with Crippen molar-refractivity contribution in [2.75, 3.05) is 6.54 Å². The normalized spacial score (nSPS) is 13.7. The lowest BCUT2D eigenvalue weighted by Crippen LogP contribution is -2.30. The highest BCUT2D eigenvalue weighted by atomic mass is 79.9. The number of aromatic nitrogens is 2. The summed E-state index contributed by atoms with van der Waals surface area (Å²) in [7, 11) is 0. The van der Waals surface area contributed by atoms with Crippen molar-refractivity contribution in [2.45, 2.75) is 13.3 Å². The number of carbonyl (C=O) groups excluding carboxylic acids is 1. The maximum Gasteiger partial charge on any atom is 0.335 e. The molecule has 1 aromatic heterocycles. The topological polar surface area (TPSA) is 117 Å². The minimum Gasteiger partial charge on any atom is -0.494 e. The lowest BCUT2D eigenvalue weighted by atomic mass is 10.1. The fraction of sp³-hybridized carbons (Fsp3) is 0.130. The van der Waals surface area contributed by atoms with Crippen LogP contribution in [-0.4, -0.2) is 27.1 Å². The van der Waals surface area contributed by atoms with Crippen LogP contribution in [0.25, 0.3) is 17.3 Å². The van der Waals surface area contributed by atoms with E-state index < -0.39 is 17.1 Å². The van der Waals surface area contributed by atoms with Gasteiger partial charge in [0.05, 0.1) is 16.7 Å². The summed E-state index contributed by atoms with van der Waals surface area (Å²) in [4.78, 5) is 43.1. The van der Waals surface area contributed by atoms with E-state index >= 15 is 0 Å². The van der Waals surface area contributed by atoms with Crippen LogP contribution in [0.15, 0.2) is 73.3 Å². The zero-order valence-electron chi connectivity index (χ0n) is 17.1. The Morgan fingerprint density at radius 3 is 2.62 bits per heavy atom. The van der Waals surface area contributed by atoms with E-state index in [0.717, 1.165) is 25.2 Å². The SMILES string of the molecule is CC(=O)NCCC1=c2ccccc2=N/C1=C\c1c(O)n(-c2ccc(Br)cc2)c(=O)[nH]c1=O. The van der Waals surface area contributed by atoms with Crippen LogP contribution in [0.1, 0.15) is 18.9 Å². The van der Waals surface area contributed by atoms with Gasteiger partial charge < -0.3 is 10.4 Å². The summed E-state index contributed by atoms with van der Waals surface area (Å²) in [6, 6.07) is 14.2. The van der Waals surface area contributed by atoms with Crippen LogP contribution >= 0.6 is 15.9 Å². The highest BCUT2D eigenvalue weighted by Crippen LogP contribution is 2.24. The molecule has 1 aliphatic heterocycles. The summed E-state index contributed by atoms with van der Waals surface area (Å²) < 4.78 is 1.83. The van der Waals surface area contributed by atoms with Crippen LogP contribution in [0.4, 0.5) is 0 Å². The van der Waals surface area contributed by atoms with Gasteiger partial charge in [0.15, 0.2) is 0 Å². The Kier molecular flexibility index (Phi) is 5.91. The average molecular weight is 495 g/mol. The standard InChI is InChI=1S/C23H19BrN4O4/c1-13(29)25-11-10-17-16-4-2-3-5-19(16)26-20(17)12-18-21(30)27-23(32)28(22(18)31)15-8-6-14(24)7-9-15/h2-9,12,31H,10-11H2,1H3,(H,25,29)(H,27,30,32)/b20-12-. The Labute approximate surface area is 190 Å². The second-order valence-electron chi connectivity index (χ2n) is 7.18. The number of hydrogen-bond acceptors (Lipinski definition) is 5. The number of halogens is 1. The quantitative estimate of drug-likeness (QED) is 0.496. The van der Waals surface area contributed by atoms with E-state index in [0.29, 0.717) is 24.4 Å². The number of H-pyrrole nitrogens is 1. The molecule has 3 N–H and O–H groups in total. The molecule has 0 unspecified atom stereocenters. The van der Waals surface area contributed by atoms with Gasteiger partial charge in [-0.25, -0.2) is 14.4 Å². The van der Waals surface area contributed by atoms with E-state index in [2.05, 4.69) is 31.2 Å². The molecule has 1 aliphatic rings. The number of nitrogens with zero attached hydrogens (tertiary/aromatic N) is 2. The van der Waals surface area contributed by atoms with Crippen molar-refractivity contribution in [2.24, 2.45) is 4.99 Å². The highest BCUT2D eigenvalue weighted by Gasteiger charge is 2.18. The van der Waals surface area contributed by atoms with Gasteiger partial charge in [-0.15, -0.1) is 0 Å². The summed E-state index contributed by atoms with van der Waals surface area (Å²) in [5.41, 5.74) is 0.149. The molecule has 2 aromatic carbocycles. The Balaban J connectivity index is 1.86. The molecule has 0 bridgehead atoms. The smallest absolute Gasteiger partial charge is 0.335 e. The van der Waals surface area contributed by atoms with Gasteiger partial charge in [0.2, 0.25) is 11.8 Å². The molecule has 0 saturated carbocycles. The molecule has 0 radical (unpaired) electrons. The van der Waals surface area contributed by atoms with Crippen molar-refractivity contribution < 1.29 is 9.90 Å². The Morgan fingerprint density at radius 2 is 1.91 bits per heavy atom. The Morgan fingerprint density at radius 1 is 1.19 bits per heavy atom. The number of amides is 1. The summed E-state index contributed by atoms with van der Waals surface area (Å²) in [6.07, 6.45) is 1.95. The number of allylic oxidation sites excluding steroid dienone is 1. The lowest BCUT2D eigenvalue weighted by molar-refractivity contribution is -0.118. The third-order valence-corrected chi connectivity index (χ3v) is 5.54. The Hall–Kier alpha value is -3.72. The van der Waals surface area contributed by atoms with Crippen LogP contribution in [0.2, 0.25) is 0 Å². The Bertz CT molecular complexity index is 1480. The molecular formula is C23H19BrN4O4. The molecule has 32 heavy (non-hydrogen) atoms. The van der Waals surface area contributed by atoms with Gasteiger partial charge in [0, 0.05) is 23.2 Å². The molecule has 3 aromatic rings. The predicted octanol–water partition coefficient (Wildman–Crippen LogP) is 1.35. The third kappa shape index (κ3) is 4.19. The number of carbonyl (C=O) groups is 1. The van der Waals surface area contributed by atoms with Crippen molar-refractivity contribution in [1.82, 2.24) is 14.9 Å². The van der Waals surface area contributed by atoms with E-state index in [1.54, 1.807) is 24.3 Å². The lowest BCUT2D eigenvalue weighted by Gasteiger charge is -2.11. The summed E-state index contributed by atoms with van der Waals surface area (Å²) in [6.45, 7) is 1.84. The van der Waals surface area contributed by atoms with Gasteiger partial charge in [-0.1, -0.05) is 34.1 Å². The number of aromatic amines is 1. The number of nitrogens with one attached hydrogen (secondary N) is 2. The predicted molar refractivity (Wildman–Crippen MR) is 124 cm³/mol. The van der Waals surface area contributed by atoms with Crippen molar-refractivity contribution in [1.29, 1.82) is 0 Å². The number of para-hydroxylation sites is 1. The summed E-state index contributed by atoms with van der Waals surface area (Å²) in [5.74, 6) is -0.629. The summed E-state index contributed by atoms with van der Waals surface area (Å²) >= 11 is 3.33. The van der Waals surface area contributed by atoms with Gasteiger partial charge in [0.1, 0.15) is 5.56 Å². The third-order valence-electron chi connectivity index (χ3n) is 5.01. The summed E-state index contributed by atoms with van der Waals surface area (Å²) in [5, 5.41) is 15.2. The van der Waals surface area contributed by atoms with Crippen LogP contribution < -0.4 is 27.1 Å². The molecule has 1 amide bonds. The first-order chi connectivity index (χ1) is 15.3. The van der Waals surface area contributed by atoms with Crippen LogP contribution in [0.3, 0.4) is 0 Å². The van der Waals surface area contributed by atoms with Gasteiger partial charge in [-0.05, 0) is 48.4 Å². The van der Waals surface area contributed by atoms with E-state index in [1.807, 2.05) is 24.3 Å². The monoisotopic (exact) mass is 494 g/mol. The molecule has 0 fully saturated rings. The molecule has 4 rings (SSSR count).